The SMILES string of the molecule is C=CC.COCCC1(C(=O)O)CCCCC1C(=O)O. The minimum atomic E-state index is -1.14. The molecule has 0 aromatic rings. The van der Waals surface area contributed by atoms with Gasteiger partial charge in [0.2, 0.25) is 0 Å². The highest BCUT2D eigenvalue weighted by Gasteiger charge is 2.50. The van der Waals surface area contributed by atoms with Crippen molar-refractivity contribution in [2.45, 2.75) is 39.0 Å². The fraction of sp³-hybridized carbons (Fsp3) is 0.714. The van der Waals surface area contributed by atoms with Gasteiger partial charge in [-0.15, -0.1) is 6.58 Å². The van der Waals surface area contributed by atoms with E-state index in [2.05, 4.69) is 6.58 Å². The molecule has 0 aromatic heterocycles. The lowest BCUT2D eigenvalue weighted by atomic mass is 9.64. The molecule has 2 N–H and O–H groups in total. The van der Waals surface area contributed by atoms with Gasteiger partial charge in [-0.25, -0.2) is 0 Å². The Morgan fingerprint density at radius 1 is 1.42 bits per heavy atom. The standard InChI is InChI=1S/C11H18O5.C3H6/c1-16-7-6-11(10(14)15)5-3-2-4-8(11)9(12)13;1-3-2/h8H,2-7H2,1H3,(H,12,13)(H,14,15);3H,1H2,2H3. The van der Waals surface area contributed by atoms with Crippen LogP contribution in [0.15, 0.2) is 12.7 Å². The molecule has 1 saturated carbocycles. The smallest absolute Gasteiger partial charge is 0.310 e. The zero-order valence-corrected chi connectivity index (χ0v) is 11.7. The molecule has 2 unspecified atom stereocenters. The van der Waals surface area contributed by atoms with Crippen molar-refractivity contribution in [3.8, 4) is 0 Å². The maximum atomic E-state index is 11.4. The third-order valence-corrected chi connectivity index (χ3v) is 3.51. The summed E-state index contributed by atoms with van der Waals surface area (Å²) in [6.45, 7) is 5.54. The molecular weight excluding hydrogens is 248 g/mol. The van der Waals surface area contributed by atoms with E-state index in [1.54, 1.807) is 6.08 Å². The van der Waals surface area contributed by atoms with Crippen molar-refractivity contribution < 1.29 is 24.5 Å². The van der Waals surface area contributed by atoms with Crippen molar-refractivity contribution in [3.63, 3.8) is 0 Å². The van der Waals surface area contributed by atoms with Crippen molar-refractivity contribution >= 4 is 11.9 Å². The number of allylic oxidation sites excluding steroid dienone is 1. The van der Waals surface area contributed by atoms with Gasteiger partial charge in [-0.1, -0.05) is 18.9 Å². The number of aliphatic carboxylic acids is 2. The van der Waals surface area contributed by atoms with Crippen LogP contribution in [0, 0.1) is 11.3 Å². The molecule has 0 aliphatic heterocycles. The second kappa shape index (κ2) is 8.69. The van der Waals surface area contributed by atoms with Crippen molar-refractivity contribution in [2.24, 2.45) is 11.3 Å². The maximum Gasteiger partial charge on any atom is 0.310 e. The average Bonchev–Trinajstić information content (AvgIpc) is 2.37. The van der Waals surface area contributed by atoms with Gasteiger partial charge in [0, 0.05) is 13.7 Å². The summed E-state index contributed by atoms with van der Waals surface area (Å²) in [4.78, 5) is 22.5. The van der Waals surface area contributed by atoms with E-state index >= 15 is 0 Å². The van der Waals surface area contributed by atoms with Gasteiger partial charge in [0.15, 0.2) is 0 Å². The molecule has 0 heterocycles. The average molecular weight is 272 g/mol. The van der Waals surface area contributed by atoms with Gasteiger partial charge in [0.1, 0.15) is 0 Å². The Morgan fingerprint density at radius 2 is 2.00 bits per heavy atom. The Bertz CT molecular complexity index is 313. The highest BCUT2D eigenvalue weighted by molar-refractivity contribution is 5.83. The van der Waals surface area contributed by atoms with Crippen molar-refractivity contribution in [1.82, 2.24) is 0 Å². The first kappa shape index (κ1) is 17.6. The summed E-state index contributed by atoms with van der Waals surface area (Å²) >= 11 is 0. The van der Waals surface area contributed by atoms with Gasteiger partial charge in [0.25, 0.3) is 0 Å². The van der Waals surface area contributed by atoms with Crippen LogP contribution in [0.5, 0.6) is 0 Å². The fourth-order valence-electron chi connectivity index (χ4n) is 2.55. The van der Waals surface area contributed by atoms with E-state index in [0.717, 1.165) is 12.8 Å². The van der Waals surface area contributed by atoms with Crippen LogP contribution in [0.25, 0.3) is 0 Å². The molecule has 1 aliphatic rings. The summed E-state index contributed by atoms with van der Waals surface area (Å²) in [5.41, 5.74) is -1.14. The number of hydrogen-bond donors (Lipinski definition) is 2. The summed E-state index contributed by atoms with van der Waals surface area (Å²) in [5.74, 6) is -2.79. The quantitative estimate of drug-likeness (QED) is 0.751. The summed E-state index contributed by atoms with van der Waals surface area (Å²) in [6.07, 6.45) is 4.47. The highest BCUT2D eigenvalue weighted by atomic mass is 16.5. The van der Waals surface area contributed by atoms with Gasteiger partial charge in [-0.05, 0) is 26.2 Å². The number of carboxylic acid groups (broad SMARTS) is 2. The molecule has 5 heteroatoms. The lowest BCUT2D eigenvalue weighted by molar-refractivity contribution is -0.167. The van der Waals surface area contributed by atoms with E-state index in [1.165, 1.54) is 7.11 Å². The second-order valence-electron chi connectivity index (χ2n) is 4.75. The van der Waals surface area contributed by atoms with E-state index in [-0.39, 0.29) is 13.0 Å². The second-order valence-corrected chi connectivity index (χ2v) is 4.75. The number of carboxylic acids is 2. The van der Waals surface area contributed by atoms with Crippen molar-refractivity contribution in [2.75, 3.05) is 13.7 Å². The van der Waals surface area contributed by atoms with E-state index in [4.69, 9.17) is 9.84 Å². The highest BCUT2D eigenvalue weighted by Crippen LogP contribution is 2.44. The topological polar surface area (TPSA) is 83.8 Å². The molecule has 2 atom stereocenters. The molecule has 1 rings (SSSR count). The van der Waals surface area contributed by atoms with E-state index in [0.29, 0.717) is 12.8 Å². The van der Waals surface area contributed by atoms with Crippen LogP contribution >= 0.6 is 0 Å². The van der Waals surface area contributed by atoms with Crippen LogP contribution < -0.4 is 0 Å². The van der Waals surface area contributed by atoms with Gasteiger partial charge < -0.3 is 14.9 Å². The summed E-state index contributed by atoms with van der Waals surface area (Å²) < 4.78 is 4.89. The lowest BCUT2D eigenvalue weighted by Crippen LogP contribution is -2.45. The van der Waals surface area contributed by atoms with E-state index < -0.39 is 23.3 Å². The van der Waals surface area contributed by atoms with Crippen LogP contribution in [0.4, 0.5) is 0 Å². The monoisotopic (exact) mass is 272 g/mol. The number of carbonyl (C=O) groups is 2. The molecule has 1 fully saturated rings. The number of methoxy groups -OCH3 is 1. The number of rotatable bonds is 5. The first-order valence-corrected chi connectivity index (χ1v) is 6.48. The Hall–Kier alpha value is -1.36. The minimum absolute atomic E-state index is 0.274. The molecule has 1 aliphatic carbocycles. The van der Waals surface area contributed by atoms with E-state index in [1.807, 2.05) is 6.92 Å². The first-order valence-electron chi connectivity index (χ1n) is 6.48. The molecule has 0 spiro atoms. The van der Waals surface area contributed by atoms with Gasteiger partial charge in [-0.2, -0.15) is 0 Å². The molecule has 0 bridgehead atoms. The molecule has 0 amide bonds. The number of ether oxygens (including phenoxy) is 1. The summed E-state index contributed by atoms with van der Waals surface area (Å²) in [7, 11) is 1.49. The van der Waals surface area contributed by atoms with Crippen LogP contribution in [0.1, 0.15) is 39.0 Å². The molecule has 0 radical (unpaired) electrons. The van der Waals surface area contributed by atoms with Gasteiger partial charge >= 0.3 is 11.9 Å². The van der Waals surface area contributed by atoms with Crippen molar-refractivity contribution in [3.05, 3.63) is 12.7 Å². The molecule has 5 nitrogen and oxygen atoms in total. The molecule has 0 aromatic carbocycles. The normalized spacial score (nSPS) is 25.9. The third kappa shape index (κ3) is 4.67. The Morgan fingerprint density at radius 3 is 2.42 bits per heavy atom. The minimum Gasteiger partial charge on any atom is -0.481 e. The zero-order valence-electron chi connectivity index (χ0n) is 11.7. The summed E-state index contributed by atoms with van der Waals surface area (Å²) in [6, 6.07) is 0. The van der Waals surface area contributed by atoms with Crippen LogP contribution in [0.2, 0.25) is 0 Å². The molecule has 110 valence electrons. The van der Waals surface area contributed by atoms with Crippen LogP contribution in [-0.2, 0) is 14.3 Å². The first-order chi connectivity index (χ1) is 8.96. The lowest BCUT2D eigenvalue weighted by Gasteiger charge is -2.38. The van der Waals surface area contributed by atoms with Gasteiger partial charge in [-0.3, -0.25) is 9.59 Å². The molecule has 19 heavy (non-hydrogen) atoms. The maximum absolute atomic E-state index is 11.4. The zero-order chi connectivity index (χ0) is 14.9. The van der Waals surface area contributed by atoms with Gasteiger partial charge in [0.05, 0.1) is 11.3 Å². The predicted molar refractivity (Wildman–Crippen MR) is 72.0 cm³/mol. The van der Waals surface area contributed by atoms with E-state index in [9.17, 15) is 14.7 Å². The number of hydrogen-bond acceptors (Lipinski definition) is 3. The molecular formula is C14H24O5. The van der Waals surface area contributed by atoms with Crippen LogP contribution in [-0.4, -0.2) is 35.9 Å². The van der Waals surface area contributed by atoms with Crippen molar-refractivity contribution in [1.29, 1.82) is 0 Å². The summed E-state index contributed by atoms with van der Waals surface area (Å²) in [5, 5.41) is 18.4. The Balaban J connectivity index is 0.000000982. The fourth-order valence-corrected chi connectivity index (χ4v) is 2.55. The Labute approximate surface area is 114 Å². The molecule has 0 saturated heterocycles. The third-order valence-electron chi connectivity index (χ3n) is 3.51. The predicted octanol–water partition coefficient (Wildman–Crippen LogP) is 2.56. The Kier molecular flexibility index (Phi) is 8.07. The van der Waals surface area contributed by atoms with Crippen LogP contribution in [0.3, 0.4) is 0 Å². The largest absolute Gasteiger partial charge is 0.481 e.